The molecule has 0 aromatic heterocycles. The van der Waals surface area contributed by atoms with Crippen LogP contribution < -0.4 is 5.32 Å². The van der Waals surface area contributed by atoms with Crippen LogP contribution in [0.5, 0.6) is 0 Å². The molecule has 17 heavy (non-hydrogen) atoms. The topological polar surface area (TPSA) is 58.6 Å². The maximum atomic E-state index is 11.5. The van der Waals surface area contributed by atoms with Crippen molar-refractivity contribution in [2.75, 3.05) is 26.2 Å². The predicted molar refractivity (Wildman–Crippen MR) is 66.5 cm³/mol. The Kier molecular flexibility index (Phi) is 8.05. The van der Waals surface area contributed by atoms with Crippen LogP contribution in [-0.2, 0) is 14.3 Å². The second-order valence-electron chi connectivity index (χ2n) is 3.90. The molecule has 0 fully saturated rings. The molecule has 0 aromatic rings. The highest BCUT2D eigenvalue weighted by molar-refractivity contribution is 5.79. The smallest absolute Gasteiger partial charge is 0.320 e. The first-order valence-corrected chi connectivity index (χ1v) is 5.78. The Labute approximate surface area is 103 Å². The van der Waals surface area contributed by atoms with Crippen LogP contribution in [-0.4, -0.2) is 49.1 Å². The van der Waals surface area contributed by atoms with Gasteiger partial charge in [0.05, 0.1) is 19.7 Å². The zero-order valence-corrected chi connectivity index (χ0v) is 10.9. The summed E-state index contributed by atoms with van der Waals surface area (Å²) in [7, 11) is 0. The minimum atomic E-state index is -0.308. The van der Waals surface area contributed by atoms with Gasteiger partial charge in [0.2, 0.25) is 5.91 Å². The fourth-order valence-electron chi connectivity index (χ4n) is 1.22. The molecule has 0 unspecified atom stereocenters. The van der Waals surface area contributed by atoms with Gasteiger partial charge >= 0.3 is 5.97 Å². The Bertz CT molecular complexity index is 264. The molecule has 0 saturated carbocycles. The van der Waals surface area contributed by atoms with Gasteiger partial charge in [0.1, 0.15) is 0 Å². The Morgan fingerprint density at radius 2 is 2.06 bits per heavy atom. The number of amides is 1. The molecule has 5 nitrogen and oxygen atoms in total. The van der Waals surface area contributed by atoms with Crippen molar-refractivity contribution in [3.8, 4) is 0 Å². The third-order valence-corrected chi connectivity index (χ3v) is 2.16. The van der Waals surface area contributed by atoms with Crippen molar-refractivity contribution in [2.45, 2.75) is 26.8 Å². The zero-order chi connectivity index (χ0) is 13.3. The maximum absolute atomic E-state index is 11.5. The van der Waals surface area contributed by atoms with Crippen molar-refractivity contribution in [1.29, 1.82) is 0 Å². The van der Waals surface area contributed by atoms with Gasteiger partial charge in [-0.1, -0.05) is 6.08 Å². The van der Waals surface area contributed by atoms with Crippen LogP contribution in [0, 0.1) is 0 Å². The average Bonchev–Trinajstić information content (AvgIpc) is 2.25. The van der Waals surface area contributed by atoms with E-state index in [0.717, 1.165) is 0 Å². The van der Waals surface area contributed by atoms with E-state index in [1.807, 2.05) is 13.8 Å². The van der Waals surface area contributed by atoms with Crippen LogP contribution in [0.4, 0.5) is 0 Å². The third kappa shape index (κ3) is 7.52. The van der Waals surface area contributed by atoms with E-state index in [-0.39, 0.29) is 31.0 Å². The van der Waals surface area contributed by atoms with E-state index in [1.165, 1.54) is 0 Å². The minimum Gasteiger partial charge on any atom is -0.465 e. The van der Waals surface area contributed by atoms with Crippen molar-refractivity contribution in [1.82, 2.24) is 10.2 Å². The van der Waals surface area contributed by atoms with Crippen LogP contribution in [0.2, 0.25) is 0 Å². The van der Waals surface area contributed by atoms with E-state index in [9.17, 15) is 9.59 Å². The number of hydrogen-bond donors (Lipinski definition) is 1. The van der Waals surface area contributed by atoms with Gasteiger partial charge in [-0.15, -0.1) is 6.58 Å². The Hall–Kier alpha value is -1.36. The van der Waals surface area contributed by atoms with Crippen LogP contribution >= 0.6 is 0 Å². The summed E-state index contributed by atoms with van der Waals surface area (Å²) in [5.41, 5.74) is 0. The Balaban J connectivity index is 4.19. The SMILES string of the molecule is C=CCNC(=O)CN(CC(=O)OCC)C(C)C. The van der Waals surface area contributed by atoms with Crippen molar-refractivity contribution in [3.05, 3.63) is 12.7 Å². The molecule has 0 rings (SSSR count). The maximum Gasteiger partial charge on any atom is 0.320 e. The molecular formula is C12H22N2O3. The molecule has 0 atom stereocenters. The van der Waals surface area contributed by atoms with E-state index in [2.05, 4.69) is 11.9 Å². The Morgan fingerprint density at radius 1 is 1.41 bits per heavy atom. The standard InChI is InChI=1S/C12H22N2O3/c1-5-7-13-11(15)8-14(10(3)4)9-12(16)17-6-2/h5,10H,1,6-9H2,2-4H3,(H,13,15). The Morgan fingerprint density at radius 3 is 2.53 bits per heavy atom. The summed E-state index contributed by atoms with van der Waals surface area (Å²) in [5.74, 6) is -0.430. The highest BCUT2D eigenvalue weighted by atomic mass is 16.5. The fourth-order valence-corrected chi connectivity index (χ4v) is 1.22. The van der Waals surface area contributed by atoms with Crippen LogP contribution in [0.25, 0.3) is 0 Å². The van der Waals surface area contributed by atoms with E-state index in [0.29, 0.717) is 13.2 Å². The van der Waals surface area contributed by atoms with Crippen LogP contribution in [0.3, 0.4) is 0 Å². The fraction of sp³-hybridized carbons (Fsp3) is 0.667. The lowest BCUT2D eigenvalue weighted by atomic mass is 10.3. The van der Waals surface area contributed by atoms with Gasteiger partial charge in [-0.3, -0.25) is 14.5 Å². The van der Waals surface area contributed by atoms with Gasteiger partial charge in [-0.05, 0) is 20.8 Å². The highest BCUT2D eigenvalue weighted by Gasteiger charge is 2.17. The monoisotopic (exact) mass is 242 g/mol. The molecule has 1 N–H and O–H groups in total. The van der Waals surface area contributed by atoms with E-state index < -0.39 is 0 Å². The molecule has 5 heteroatoms. The number of carbonyl (C=O) groups excluding carboxylic acids is 2. The summed E-state index contributed by atoms with van der Waals surface area (Å²) in [5, 5.41) is 2.67. The summed E-state index contributed by atoms with van der Waals surface area (Å²) in [6, 6.07) is 0.105. The number of nitrogens with zero attached hydrogens (tertiary/aromatic N) is 1. The van der Waals surface area contributed by atoms with Crippen molar-refractivity contribution < 1.29 is 14.3 Å². The molecule has 1 amide bonds. The third-order valence-electron chi connectivity index (χ3n) is 2.16. The first-order chi connectivity index (χ1) is 8.01. The van der Waals surface area contributed by atoms with Gasteiger partial charge in [0.25, 0.3) is 0 Å². The second-order valence-corrected chi connectivity index (χ2v) is 3.90. The van der Waals surface area contributed by atoms with E-state index in [1.54, 1.807) is 17.9 Å². The lowest BCUT2D eigenvalue weighted by Gasteiger charge is -2.24. The van der Waals surface area contributed by atoms with Gasteiger partial charge < -0.3 is 10.1 Å². The molecule has 0 heterocycles. The van der Waals surface area contributed by atoms with Crippen molar-refractivity contribution in [2.24, 2.45) is 0 Å². The molecule has 0 saturated heterocycles. The van der Waals surface area contributed by atoms with Crippen LogP contribution in [0.1, 0.15) is 20.8 Å². The van der Waals surface area contributed by atoms with Gasteiger partial charge in [-0.25, -0.2) is 0 Å². The highest BCUT2D eigenvalue weighted by Crippen LogP contribution is 1.98. The number of esters is 1. The van der Waals surface area contributed by atoms with E-state index >= 15 is 0 Å². The van der Waals surface area contributed by atoms with Gasteiger partial charge in [0.15, 0.2) is 0 Å². The molecule has 98 valence electrons. The molecule has 0 bridgehead atoms. The number of hydrogen-bond acceptors (Lipinski definition) is 4. The van der Waals surface area contributed by atoms with Crippen molar-refractivity contribution >= 4 is 11.9 Å². The molecular weight excluding hydrogens is 220 g/mol. The molecule has 0 aliphatic carbocycles. The van der Waals surface area contributed by atoms with Crippen LogP contribution in [0.15, 0.2) is 12.7 Å². The first-order valence-electron chi connectivity index (χ1n) is 5.78. The molecule has 0 aliphatic heterocycles. The zero-order valence-electron chi connectivity index (χ0n) is 10.9. The number of rotatable bonds is 8. The van der Waals surface area contributed by atoms with Gasteiger partial charge in [-0.2, -0.15) is 0 Å². The average molecular weight is 242 g/mol. The number of carbonyl (C=O) groups is 2. The summed E-state index contributed by atoms with van der Waals surface area (Å²) < 4.78 is 4.86. The number of nitrogens with one attached hydrogen (secondary N) is 1. The van der Waals surface area contributed by atoms with Gasteiger partial charge in [0, 0.05) is 12.6 Å². The first kappa shape index (κ1) is 15.6. The minimum absolute atomic E-state index is 0.105. The normalized spacial score (nSPS) is 10.4. The van der Waals surface area contributed by atoms with E-state index in [4.69, 9.17) is 4.74 Å². The summed E-state index contributed by atoms with van der Waals surface area (Å²) in [6.45, 7) is 10.2. The summed E-state index contributed by atoms with van der Waals surface area (Å²) in [6.07, 6.45) is 1.61. The predicted octanol–water partition coefficient (Wildman–Crippen LogP) is 0.562. The van der Waals surface area contributed by atoms with Crippen molar-refractivity contribution in [3.63, 3.8) is 0 Å². The molecule has 0 spiro atoms. The number of ether oxygens (including phenoxy) is 1. The largest absolute Gasteiger partial charge is 0.465 e. The second kappa shape index (κ2) is 8.75. The molecule has 0 aliphatic rings. The lowest BCUT2D eigenvalue weighted by Crippen LogP contribution is -2.43. The quantitative estimate of drug-likeness (QED) is 0.499. The molecule has 0 aromatic carbocycles. The summed E-state index contributed by atoms with van der Waals surface area (Å²) >= 11 is 0. The lowest BCUT2D eigenvalue weighted by molar-refractivity contribution is -0.145. The molecule has 0 radical (unpaired) electrons. The summed E-state index contributed by atoms with van der Waals surface area (Å²) in [4.78, 5) is 24.6.